The van der Waals surface area contributed by atoms with Crippen molar-refractivity contribution in [1.29, 1.82) is 0 Å². The number of likely N-dealkylation sites (N-methyl/N-ethyl adjacent to an activating group) is 1. The van der Waals surface area contributed by atoms with E-state index in [-0.39, 0.29) is 36.1 Å². The number of carbonyl (C=O) groups is 1. The number of rotatable bonds is 9. The number of hydrogen-bond acceptors (Lipinski definition) is 5. The molecule has 0 radical (unpaired) electrons. The van der Waals surface area contributed by atoms with Crippen molar-refractivity contribution >= 4 is 22.6 Å². The standard InChI is InChI=1S/C25H35FN4O4/c1-28(12-11-23(31)32)13-14-29-24(33)19-15-20(26)21(27-17-7-3-2-4-8-17)16-22(19)30(25(29)34)18-9-5-6-10-18/h15-18,27H,2-14H2,1H3,(H,31,32). The van der Waals surface area contributed by atoms with Gasteiger partial charge in [0.2, 0.25) is 0 Å². The van der Waals surface area contributed by atoms with E-state index in [1.54, 1.807) is 22.6 Å². The Hall–Kier alpha value is -2.68. The van der Waals surface area contributed by atoms with Crippen molar-refractivity contribution in [2.45, 2.75) is 82.8 Å². The zero-order chi connectivity index (χ0) is 24.2. The molecule has 8 nitrogen and oxygen atoms in total. The van der Waals surface area contributed by atoms with E-state index < -0.39 is 17.3 Å². The predicted molar refractivity (Wildman–Crippen MR) is 130 cm³/mol. The molecule has 2 N–H and O–H groups in total. The second kappa shape index (κ2) is 10.7. The number of nitrogens with zero attached hydrogens (tertiary/aromatic N) is 3. The minimum atomic E-state index is -0.897. The molecular weight excluding hydrogens is 439 g/mol. The van der Waals surface area contributed by atoms with Gasteiger partial charge in [-0.3, -0.25) is 18.7 Å². The minimum Gasteiger partial charge on any atom is -0.481 e. The van der Waals surface area contributed by atoms with Gasteiger partial charge in [0.15, 0.2) is 0 Å². The van der Waals surface area contributed by atoms with E-state index in [1.807, 2.05) is 0 Å². The van der Waals surface area contributed by atoms with Crippen LogP contribution in [0.25, 0.3) is 10.9 Å². The SMILES string of the molecule is CN(CCC(=O)O)CCn1c(=O)c2cc(F)c(NC3CCCCC3)cc2n(C2CCCC2)c1=O. The molecule has 2 aliphatic rings. The van der Waals surface area contributed by atoms with Crippen molar-refractivity contribution in [3.8, 4) is 0 Å². The van der Waals surface area contributed by atoms with E-state index in [0.717, 1.165) is 51.4 Å². The lowest BCUT2D eigenvalue weighted by molar-refractivity contribution is -0.137. The van der Waals surface area contributed by atoms with Crippen LogP contribution in [0.3, 0.4) is 0 Å². The maximum Gasteiger partial charge on any atom is 0.331 e. The molecule has 0 bridgehead atoms. The molecule has 0 saturated heterocycles. The number of aliphatic carboxylic acids is 1. The van der Waals surface area contributed by atoms with Crippen molar-refractivity contribution in [2.75, 3.05) is 25.5 Å². The fraction of sp³-hybridized carbons (Fsp3) is 0.640. The van der Waals surface area contributed by atoms with Crippen molar-refractivity contribution in [3.05, 3.63) is 38.8 Å². The molecule has 1 aromatic carbocycles. The average molecular weight is 475 g/mol. The number of carboxylic acid groups (broad SMARTS) is 1. The maximum atomic E-state index is 15.1. The maximum absolute atomic E-state index is 15.1. The van der Waals surface area contributed by atoms with Gasteiger partial charge in [0, 0.05) is 31.7 Å². The van der Waals surface area contributed by atoms with Crippen LogP contribution in [0.15, 0.2) is 21.7 Å². The second-order valence-electron chi connectivity index (χ2n) is 9.82. The Bertz CT molecular complexity index is 1150. The average Bonchev–Trinajstić information content (AvgIpc) is 3.34. The summed E-state index contributed by atoms with van der Waals surface area (Å²) in [7, 11) is 1.76. The molecule has 0 atom stereocenters. The number of anilines is 1. The van der Waals surface area contributed by atoms with Crippen LogP contribution in [0.1, 0.15) is 70.3 Å². The second-order valence-corrected chi connectivity index (χ2v) is 9.82. The largest absolute Gasteiger partial charge is 0.481 e. The molecule has 0 aliphatic heterocycles. The van der Waals surface area contributed by atoms with E-state index in [0.29, 0.717) is 24.3 Å². The third kappa shape index (κ3) is 5.35. The summed E-state index contributed by atoms with van der Waals surface area (Å²) in [6.07, 6.45) is 9.14. The molecule has 4 rings (SSSR count). The van der Waals surface area contributed by atoms with Crippen LogP contribution in [0.5, 0.6) is 0 Å². The summed E-state index contributed by atoms with van der Waals surface area (Å²) in [5.41, 5.74) is -0.0107. The molecule has 2 aromatic rings. The molecule has 1 heterocycles. The van der Waals surface area contributed by atoms with Gasteiger partial charge in [-0.1, -0.05) is 32.1 Å². The summed E-state index contributed by atoms with van der Waals surface area (Å²) in [6.45, 7) is 0.793. The van der Waals surface area contributed by atoms with Gasteiger partial charge in [-0.2, -0.15) is 0 Å². The number of carboxylic acids is 1. The van der Waals surface area contributed by atoms with E-state index in [9.17, 15) is 14.4 Å². The van der Waals surface area contributed by atoms with Crippen molar-refractivity contribution in [1.82, 2.24) is 14.0 Å². The van der Waals surface area contributed by atoms with Gasteiger partial charge in [-0.15, -0.1) is 0 Å². The predicted octanol–water partition coefficient (Wildman–Crippen LogP) is 3.57. The number of hydrogen-bond donors (Lipinski definition) is 2. The highest BCUT2D eigenvalue weighted by molar-refractivity contribution is 5.82. The van der Waals surface area contributed by atoms with Crippen LogP contribution < -0.4 is 16.6 Å². The van der Waals surface area contributed by atoms with Gasteiger partial charge >= 0.3 is 11.7 Å². The highest BCUT2D eigenvalue weighted by Crippen LogP contribution is 2.32. The number of benzene rings is 1. The van der Waals surface area contributed by atoms with Crippen LogP contribution in [0, 0.1) is 5.82 Å². The molecule has 2 saturated carbocycles. The molecule has 34 heavy (non-hydrogen) atoms. The Morgan fingerprint density at radius 2 is 1.76 bits per heavy atom. The monoisotopic (exact) mass is 474 g/mol. The molecule has 0 amide bonds. The van der Waals surface area contributed by atoms with Gasteiger partial charge in [-0.05, 0) is 44.9 Å². The van der Waals surface area contributed by atoms with Gasteiger partial charge < -0.3 is 15.3 Å². The first-order valence-electron chi connectivity index (χ1n) is 12.5. The van der Waals surface area contributed by atoms with E-state index in [4.69, 9.17) is 5.11 Å². The summed E-state index contributed by atoms with van der Waals surface area (Å²) in [5, 5.41) is 12.4. The molecule has 2 fully saturated rings. The minimum absolute atomic E-state index is 0.0143. The topological polar surface area (TPSA) is 96.6 Å². The fourth-order valence-electron chi connectivity index (χ4n) is 5.36. The van der Waals surface area contributed by atoms with Crippen molar-refractivity contribution in [3.63, 3.8) is 0 Å². The number of nitrogens with one attached hydrogen (secondary N) is 1. The van der Waals surface area contributed by atoms with Crippen LogP contribution >= 0.6 is 0 Å². The zero-order valence-corrected chi connectivity index (χ0v) is 19.9. The molecule has 2 aliphatic carbocycles. The van der Waals surface area contributed by atoms with Gasteiger partial charge in [0.05, 0.1) is 23.0 Å². The van der Waals surface area contributed by atoms with E-state index in [1.165, 1.54) is 17.1 Å². The Morgan fingerprint density at radius 1 is 1.09 bits per heavy atom. The van der Waals surface area contributed by atoms with Crippen molar-refractivity contribution < 1.29 is 14.3 Å². The van der Waals surface area contributed by atoms with Crippen LogP contribution in [-0.4, -0.2) is 51.3 Å². The lowest BCUT2D eigenvalue weighted by Crippen LogP contribution is -2.43. The fourth-order valence-corrected chi connectivity index (χ4v) is 5.36. The Labute approximate surface area is 198 Å². The lowest BCUT2D eigenvalue weighted by Gasteiger charge is -2.25. The summed E-state index contributed by atoms with van der Waals surface area (Å²) in [5.74, 6) is -1.37. The normalized spacial score (nSPS) is 17.6. The summed E-state index contributed by atoms with van der Waals surface area (Å²) >= 11 is 0. The first-order valence-corrected chi connectivity index (χ1v) is 12.5. The summed E-state index contributed by atoms with van der Waals surface area (Å²) in [6, 6.07) is 3.12. The number of fused-ring (bicyclic) bond motifs is 1. The molecule has 186 valence electrons. The molecule has 0 unspecified atom stereocenters. The van der Waals surface area contributed by atoms with E-state index >= 15 is 4.39 Å². The summed E-state index contributed by atoms with van der Waals surface area (Å²) in [4.78, 5) is 39.5. The molecular formula is C25H35FN4O4. The molecule has 0 spiro atoms. The third-order valence-electron chi connectivity index (χ3n) is 7.32. The zero-order valence-electron chi connectivity index (χ0n) is 19.9. The van der Waals surface area contributed by atoms with Gasteiger partial charge in [0.1, 0.15) is 5.82 Å². The van der Waals surface area contributed by atoms with Gasteiger partial charge in [0.25, 0.3) is 5.56 Å². The van der Waals surface area contributed by atoms with Gasteiger partial charge in [-0.25, -0.2) is 9.18 Å². The number of halogens is 1. The van der Waals surface area contributed by atoms with E-state index in [2.05, 4.69) is 5.32 Å². The Balaban J connectivity index is 1.72. The molecule has 1 aromatic heterocycles. The van der Waals surface area contributed by atoms with Crippen molar-refractivity contribution in [2.24, 2.45) is 0 Å². The highest BCUT2D eigenvalue weighted by Gasteiger charge is 2.25. The number of aromatic nitrogens is 2. The van der Waals surface area contributed by atoms with Crippen LogP contribution in [0.2, 0.25) is 0 Å². The highest BCUT2D eigenvalue weighted by atomic mass is 19.1. The Kier molecular flexibility index (Phi) is 7.70. The first-order chi connectivity index (χ1) is 16.3. The Morgan fingerprint density at radius 3 is 2.44 bits per heavy atom. The smallest absolute Gasteiger partial charge is 0.331 e. The lowest BCUT2D eigenvalue weighted by atomic mass is 9.95. The molecule has 9 heteroatoms. The van der Waals surface area contributed by atoms with Crippen LogP contribution in [0.4, 0.5) is 10.1 Å². The quantitative estimate of drug-likeness (QED) is 0.577. The first kappa shape index (κ1) is 24.4. The van der Waals surface area contributed by atoms with Crippen LogP contribution in [-0.2, 0) is 11.3 Å². The third-order valence-corrected chi connectivity index (χ3v) is 7.32. The summed E-state index contributed by atoms with van der Waals surface area (Å²) < 4.78 is 18.0.